The van der Waals surface area contributed by atoms with E-state index >= 15 is 0 Å². The van der Waals surface area contributed by atoms with Crippen molar-refractivity contribution in [1.29, 1.82) is 0 Å². The summed E-state index contributed by atoms with van der Waals surface area (Å²) in [5.41, 5.74) is 1.28. The van der Waals surface area contributed by atoms with Crippen LogP contribution < -0.4 is 10.6 Å². The van der Waals surface area contributed by atoms with Gasteiger partial charge in [0.1, 0.15) is 6.04 Å². The fraction of sp³-hybridized carbons (Fsp3) is 0.710. The Labute approximate surface area is 228 Å². The minimum Gasteiger partial charge on any atom is -0.352 e. The maximum atomic E-state index is 14.2. The van der Waals surface area contributed by atoms with E-state index in [0.717, 1.165) is 62.7 Å². The zero-order valence-electron chi connectivity index (χ0n) is 23.8. The minimum atomic E-state index is -0.561. The van der Waals surface area contributed by atoms with Gasteiger partial charge in [0, 0.05) is 43.1 Å². The van der Waals surface area contributed by atoms with Gasteiger partial charge in [0.2, 0.25) is 17.7 Å². The van der Waals surface area contributed by atoms with Crippen LogP contribution in [0.15, 0.2) is 24.3 Å². The summed E-state index contributed by atoms with van der Waals surface area (Å²) in [4.78, 5) is 44.7. The number of anilines is 1. The number of rotatable bonds is 7. The van der Waals surface area contributed by atoms with Crippen LogP contribution in [0, 0.1) is 23.7 Å². The summed E-state index contributed by atoms with van der Waals surface area (Å²) in [6.07, 6.45) is 8.69. The quantitative estimate of drug-likeness (QED) is 0.552. The number of likely N-dealkylation sites (N-methyl/N-ethyl adjacent to an activating group) is 1. The molecule has 1 aromatic rings. The third-order valence-corrected chi connectivity index (χ3v) is 9.89. The molecule has 38 heavy (non-hydrogen) atoms. The van der Waals surface area contributed by atoms with Gasteiger partial charge in [-0.15, -0.1) is 0 Å². The van der Waals surface area contributed by atoms with Crippen molar-refractivity contribution >= 4 is 23.4 Å². The lowest BCUT2D eigenvalue weighted by atomic mass is 9.53. The number of carbonyl (C=O) groups excluding carboxylic acids is 3. The predicted molar refractivity (Wildman–Crippen MR) is 149 cm³/mol. The van der Waals surface area contributed by atoms with E-state index in [2.05, 4.69) is 46.5 Å². The number of likely N-dealkylation sites (tertiary alicyclic amines) is 1. The number of hydrogen-bond acceptors (Lipinski definition) is 4. The minimum absolute atomic E-state index is 0.0534. The molecule has 3 saturated heterocycles. The van der Waals surface area contributed by atoms with Gasteiger partial charge in [0.15, 0.2) is 0 Å². The van der Waals surface area contributed by atoms with Gasteiger partial charge in [-0.05, 0) is 62.3 Å². The van der Waals surface area contributed by atoms with Crippen molar-refractivity contribution in [3.63, 3.8) is 0 Å². The molecule has 0 unspecified atom stereocenters. The topological polar surface area (TPSA) is 81.8 Å². The number of amides is 3. The smallest absolute Gasteiger partial charge is 0.243 e. The van der Waals surface area contributed by atoms with Crippen LogP contribution in [0.25, 0.3) is 0 Å². The SMILES string of the molecule is CCC[C@@H]1[C@H]2C[C@H]3CN(C)[C@@H]1[C@@]3(c1ccc(NC(C)=O)cc1)N(C(=O)C(C)C)[C@@H]2C(=O)NC1CCCCC1. The molecular weight excluding hydrogens is 476 g/mol. The van der Waals surface area contributed by atoms with Gasteiger partial charge in [-0.2, -0.15) is 0 Å². The normalized spacial score (nSPS) is 33.0. The largest absolute Gasteiger partial charge is 0.352 e. The zero-order chi connectivity index (χ0) is 27.2. The van der Waals surface area contributed by atoms with Crippen molar-refractivity contribution < 1.29 is 14.4 Å². The molecule has 6 rings (SSSR count). The van der Waals surface area contributed by atoms with Gasteiger partial charge in [0.05, 0.1) is 5.54 Å². The molecule has 5 aliphatic rings. The maximum Gasteiger partial charge on any atom is 0.243 e. The van der Waals surface area contributed by atoms with Gasteiger partial charge in [0.25, 0.3) is 0 Å². The van der Waals surface area contributed by atoms with E-state index in [0.29, 0.717) is 5.92 Å². The van der Waals surface area contributed by atoms with E-state index < -0.39 is 11.6 Å². The van der Waals surface area contributed by atoms with Crippen LogP contribution in [0.4, 0.5) is 5.69 Å². The van der Waals surface area contributed by atoms with Gasteiger partial charge >= 0.3 is 0 Å². The van der Waals surface area contributed by atoms with E-state index in [9.17, 15) is 14.4 Å². The third-order valence-electron chi connectivity index (χ3n) is 9.89. The van der Waals surface area contributed by atoms with Crippen molar-refractivity contribution in [2.45, 2.75) is 103 Å². The van der Waals surface area contributed by atoms with E-state index in [-0.39, 0.29) is 47.6 Å². The van der Waals surface area contributed by atoms with Crippen LogP contribution in [-0.2, 0) is 19.9 Å². The fourth-order valence-electron chi connectivity index (χ4n) is 8.66. The second-order valence-corrected chi connectivity index (χ2v) is 12.7. The number of carbonyl (C=O) groups is 3. The molecule has 5 fully saturated rings. The molecule has 2 aliphatic carbocycles. The Morgan fingerprint density at radius 2 is 1.76 bits per heavy atom. The Balaban J connectivity index is 1.64. The van der Waals surface area contributed by atoms with Crippen molar-refractivity contribution in [1.82, 2.24) is 15.1 Å². The Morgan fingerprint density at radius 3 is 2.37 bits per heavy atom. The van der Waals surface area contributed by atoms with Gasteiger partial charge in [-0.25, -0.2) is 0 Å². The standard InChI is InChI=1S/C31H46N4O3/c1-6-10-25-26-17-22-18-34(5)28(25)31(22,21-13-15-24(16-14-21)32-20(4)36)35(30(38)19(2)3)27(26)29(37)33-23-11-8-7-9-12-23/h13-16,19,22-23,25-28H,6-12,17-18H2,1-5H3,(H,32,36)(H,33,37)/t22-,25+,26+,27-,28-,31-/m0/s1. The Hall–Kier alpha value is -2.41. The molecule has 2 saturated carbocycles. The highest BCUT2D eigenvalue weighted by Crippen LogP contribution is 2.63. The summed E-state index contributed by atoms with van der Waals surface area (Å²) in [5.74, 6) is 0.599. The summed E-state index contributed by atoms with van der Waals surface area (Å²) < 4.78 is 0. The lowest BCUT2D eigenvalue weighted by molar-refractivity contribution is -0.188. The summed E-state index contributed by atoms with van der Waals surface area (Å²) in [6.45, 7) is 8.59. The van der Waals surface area contributed by atoms with Crippen LogP contribution in [0.1, 0.15) is 84.6 Å². The summed E-state index contributed by atoms with van der Waals surface area (Å²) >= 11 is 0. The molecular formula is C31H46N4O3. The van der Waals surface area contributed by atoms with Gasteiger partial charge in [-0.3, -0.25) is 14.4 Å². The molecule has 3 heterocycles. The molecule has 208 valence electrons. The molecule has 7 heteroatoms. The van der Waals surface area contributed by atoms with Crippen molar-refractivity contribution in [2.75, 3.05) is 18.9 Å². The van der Waals surface area contributed by atoms with Gasteiger partial charge < -0.3 is 20.4 Å². The van der Waals surface area contributed by atoms with E-state index in [1.54, 1.807) is 0 Å². The average Bonchev–Trinajstić information content (AvgIpc) is 3.11. The fourth-order valence-corrected chi connectivity index (χ4v) is 8.66. The highest BCUT2D eigenvalue weighted by atomic mass is 16.2. The van der Waals surface area contributed by atoms with Crippen molar-refractivity contribution in [3.05, 3.63) is 29.8 Å². The number of nitrogens with one attached hydrogen (secondary N) is 2. The molecule has 7 nitrogen and oxygen atoms in total. The molecule has 0 spiro atoms. The zero-order valence-corrected chi connectivity index (χ0v) is 23.8. The lowest BCUT2D eigenvalue weighted by Gasteiger charge is -2.65. The first-order valence-corrected chi connectivity index (χ1v) is 14.9. The Bertz CT molecular complexity index is 1050. The monoisotopic (exact) mass is 522 g/mol. The van der Waals surface area contributed by atoms with E-state index in [4.69, 9.17) is 0 Å². The number of piperidine rings is 2. The van der Waals surface area contributed by atoms with E-state index in [1.165, 1.54) is 13.3 Å². The lowest BCUT2D eigenvalue weighted by Crippen LogP contribution is -2.77. The van der Waals surface area contributed by atoms with Crippen LogP contribution >= 0.6 is 0 Å². The average molecular weight is 523 g/mol. The van der Waals surface area contributed by atoms with Gasteiger partial charge in [-0.1, -0.05) is 58.6 Å². The van der Waals surface area contributed by atoms with Crippen molar-refractivity contribution in [3.8, 4) is 0 Å². The van der Waals surface area contributed by atoms with Crippen LogP contribution in [0.3, 0.4) is 0 Å². The van der Waals surface area contributed by atoms with E-state index in [1.807, 2.05) is 26.0 Å². The summed E-state index contributed by atoms with van der Waals surface area (Å²) in [6, 6.07) is 8.03. The van der Waals surface area contributed by atoms with Crippen LogP contribution in [0.2, 0.25) is 0 Å². The molecule has 6 atom stereocenters. The molecule has 0 aromatic heterocycles. The summed E-state index contributed by atoms with van der Waals surface area (Å²) in [5, 5.41) is 6.31. The molecule has 2 N–H and O–H groups in total. The third kappa shape index (κ3) is 4.35. The molecule has 0 radical (unpaired) electrons. The highest BCUT2D eigenvalue weighted by molar-refractivity contribution is 5.91. The molecule has 1 aromatic carbocycles. The Morgan fingerprint density at radius 1 is 1.08 bits per heavy atom. The first-order valence-electron chi connectivity index (χ1n) is 14.9. The van der Waals surface area contributed by atoms with Crippen LogP contribution in [-0.4, -0.2) is 59.2 Å². The number of nitrogens with zero attached hydrogens (tertiary/aromatic N) is 2. The Kier molecular flexibility index (Phi) is 7.60. The second kappa shape index (κ2) is 10.6. The maximum absolute atomic E-state index is 14.2. The molecule has 3 amide bonds. The van der Waals surface area contributed by atoms with Crippen molar-refractivity contribution in [2.24, 2.45) is 23.7 Å². The van der Waals surface area contributed by atoms with Crippen LogP contribution in [0.5, 0.6) is 0 Å². The second-order valence-electron chi connectivity index (χ2n) is 12.7. The number of benzene rings is 1. The first kappa shape index (κ1) is 27.2. The number of fused-ring (bicyclic) bond motifs is 1. The predicted octanol–water partition coefficient (Wildman–Crippen LogP) is 4.52. The first-order chi connectivity index (χ1) is 18.2. The number of hydrogen-bond donors (Lipinski definition) is 2. The highest BCUT2D eigenvalue weighted by Gasteiger charge is 2.72. The molecule has 3 aliphatic heterocycles. The summed E-state index contributed by atoms with van der Waals surface area (Å²) in [7, 11) is 2.20. The molecule has 4 bridgehead atoms.